The molecule has 0 aliphatic rings. The summed E-state index contributed by atoms with van der Waals surface area (Å²) in [6.07, 6.45) is 7.85. The van der Waals surface area contributed by atoms with Crippen molar-refractivity contribution in [3.05, 3.63) is 0 Å². The standard InChI is InChI=1S/C11H26NO3S2.2Na/c1-4-5-6-7-8-9-10-11(12(2)3)16-17(13,14)15;;/h11,16H,4-10H2,1-3H3,(H,13,14,15);;/q-1;2*+1/p-1. The van der Waals surface area contributed by atoms with E-state index in [1.54, 1.807) is 0 Å². The summed E-state index contributed by atoms with van der Waals surface area (Å²) in [5, 5.41) is -0.163. The van der Waals surface area contributed by atoms with Crippen molar-refractivity contribution in [1.29, 1.82) is 0 Å². The number of unbranched alkanes of at least 4 members (excludes halogenated alkanes) is 5. The minimum Gasteiger partial charge on any atom is -0.766 e. The number of hydrogen-bond acceptors (Lipinski definition) is 5. The van der Waals surface area contributed by atoms with Crippen LogP contribution in [0.15, 0.2) is 0 Å². The summed E-state index contributed by atoms with van der Waals surface area (Å²) in [6, 6.07) is 0. The normalized spacial score (nSPS) is 12.9. The van der Waals surface area contributed by atoms with Gasteiger partial charge in [-0.05, 0) is 14.1 Å². The maximum absolute atomic E-state index is 10.7. The molecule has 0 heterocycles. The molecule has 0 radical (unpaired) electrons. The van der Waals surface area contributed by atoms with Crippen LogP contribution < -0.4 is 59.1 Å². The average Bonchev–Trinajstić information content (AvgIpc) is 2.19. The summed E-state index contributed by atoms with van der Waals surface area (Å²) < 4.78 is 32.2. The molecule has 0 N–H and O–H groups in total. The van der Waals surface area contributed by atoms with Crippen LogP contribution in [0.25, 0.3) is 0 Å². The van der Waals surface area contributed by atoms with Crippen LogP contribution >= 0.6 is 0 Å². The van der Waals surface area contributed by atoms with Gasteiger partial charge in [-0.2, -0.15) is 0 Å². The molecule has 0 aromatic carbocycles. The summed E-state index contributed by atoms with van der Waals surface area (Å²) in [5.41, 5.74) is 0. The first-order valence-electron chi connectivity index (χ1n) is 6.21. The first-order chi connectivity index (χ1) is 7.87. The maximum atomic E-state index is 10.7. The van der Waals surface area contributed by atoms with Crippen LogP contribution in [-0.2, 0) is 19.9 Å². The van der Waals surface area contributed by atoms with Crippen molar-refractivity contribution < 1.29 is 72.1 Å². The summed E-state index contributed by atoms with van der Waals surface area (Å²) in [5.74, 6) is 0. The molecule has 0 aliphatic heterocycles. The van der Waals surface area contributed by atoms with Gasteiger partial charge in [-0.1, -0.05) is 57.2 Å². The maximum Gasteiger partial charge on any atom is 1.00 e. The summed E-state index contributed by atoms with van der Waals surface area (Å²) >= 11 is 0. The zero-order chi connectivity index (χ0) is 13.3. The fraction of sp³-hybridized carbons (Fsp3) is 1.00. The molecular formula is C11H25NNa2O3S2. The van der Waals surface area contributed by atoms with Crippen molar-refractivity contribution in [2.75, 3.05) is 14.1 Å². The van der Waals surface area contributed by atoms with Gasteiger partial charge in [0.25, 0.3) is 0 Å². The zero-order valence-corrected chi connectivity index (χ0v) is 18.8. The Labute approximate surface area is 166 Å². The zero-order valence-electron chi connectivity index (χ0n) is 13.1. The molecule has 0 saturated carbocycles. The van der Waals surface area contributed by atoms with Gasteiger partial charge in [0.2, 0.25) is 0 Å². The third-order valence-corrected chi connectivity index (χ3v) is 5.39. The molecule has 0 bridgehead atoms. The van der Waals surface area contributed by atoms with Crippen molar-refractivity contribution in [1.82, 2.24) is 4.90 Å². The third-order valence-electron chi connectivity index (χ3n) is 2.66. The molecule has 0 aliphatic carbocycles. The van der Waals surface area contributed by atoms with Crippen molar-refractivity contribution in [2.45, 2.75) is 57.2 Å². The number of rotatable bonds is 10. The quantitative estimate of drug-likeness (QED) is 0.102. The monoisotopic (exact) mass is 329 g/mol. The van der Waals surface area contributed by atoms with Gasteiger partial charge >= 0.3 is 59.1 Å². The Bertz CT molecular complexity index is 288. The van der Waals surface area contributed by atoms with E-state index in [2.05, 4.69) is 6.92 Å². The van der Waals surface area contributed by atoms with E-state index in [0.29, 0.717) is 0 Å². The van der Waals surface area contributed by atoms with Crippen molar-refractivity contribution >= 4 is 19.9 Å². The second-order valence-electron chi connectivity index (χ2n) is 4.53. The van der Waals surface area contributed by atoms with Crippen LogP contribution in [0, 0.1) is 0 Å². The molecule has 8 heteroatoms. The predicted molar refractivity (Wildman–Crippen MR) is 73.9 cm³/mol. The Balaban J connectivity index is -0.00000128. The molecule has 0 aromatic rings. The fourth-order valence-corrected chi connectivity index (χ4v) is 4.21. The summed E-state index contributed by atoms with van der Waals surface area (Å²) in [6.45, 7) is 2.18. The largest absolute Gasteiger partial charge is 1.00 e. The van der Waals surface area contributed by atoms with Crippen LogP contribution in [0.3, 0.4) is 0 Å². The summed E-state index contributed by atoms with van der Waals surface area (Å²) in [7, 11) is -0.506. The molecule has 19 heavy (non-hydrogen) atoms. The molecular weight excluding hydrogens is 304 g/mol. The molecule has 0 aromatic heterocycles. The molecule has 4 nitrogen and oxygen atoms in total. The van der Waals surface area contributed by atoms with Crippen LogP contribution in [0.5, 0.6) is 0 Å². The van der Waals surface area contributed by atoms with Gasteiger partial charge < -0.3 is 20.2 Å². The second kappa shape index (κ2) is 15.1. The minimum absolute atomic E-state index is 0. The molecule has 0 saturated heterocycles. The first kappa shape index (κ1) is 26.1. The average molecular weight is 329 g/mol. The second-order valence-corrected chi connectivity index (χ2v) is 8.17. The van der Waals surface area contributed by atoms with Gasteiger partial charge in [-0.15, -0.1) is 0 Å². The van der Waals surface area contributed by atoms with Gasteiger partial charge in [-0.3, -0.25) is 8.42 Å². The first-order valence-corrected chi connectivity index (χ1v) is 9.19. The number of hydrogen-bond donors (Lipinski definition) is 0. The van der Waals surface area contributed by atoms with E-state index >= 15 is 0 Å². The van der Waals surface area contributed by atoms with Crippen LogP contribution in [0.4, 0.5) is 0 Å². The molecule has 0 fully saturated rings. The molecule has 106 valence electrons. The molecule has 0 spiro atoms. The Morgan fingerprint density at radius 2 is 1.53 bits per heavy atom. The van der Waals surface area contributed by atoms with Crippen molar-refractivity contribution in [2.24, 2.45) is 0 Å². The number of thiol groups is 1. The Kier molecular flexibility index (Phi) is 20.8. The molecule has 0 rings (SSSR count). The SMILES string of the molecule is CCCCCCCCC([SH-]S(=O)(=O)[O-])N(C)C.[Na+].[Na+]. The van der Waals surface area contributed by atoms with E-state index in [9.17, 15) is 13.0 Å². The molecule has 1 atom stereocenters. The summed E-state index contributed by atoms with van der Waals surface area (Å²) in [4.78, 5) is 1.82. The van der Waals surface area contributed by atoms with Crippen molar-refractivity contribution in [3.8, 4) is 0 Å². The van der Waals surface area contributed by atoms with Gasteiger partial charge in [-0.25, -0.2) is 0 Å². The van der Waals surface area contributed by atoms with E-state index in [1.807, 2.05) is 19.0 Å². The van der Waals surface area contributed by atoms with E-state index in [-0.39, 0.29) is 75.3 Å². The van der Waals surface area contributed by atoms with E-state index in [0.717, 1.165) is 19.3 Å². The van der Waals surface area contributed by atoms with Crippen LogP contribution in [0.2, 0.25) is 0 Å². The smallest absolute Gasteiger partial charge is 0.766 e. The van der Waals surface area contributed by atoms with Crippen LogP contribution in [0.1, 0.15) is 51.9 Å². The van der Waals surface area contributed by atoms with Gasteiger partial charge in [0.15, 0.2) is 0 Å². The number of nitrogens with zero attached hydrogens (tertiary/aromatic N) is 1. The molecule has 0 amide bonds. The van der Waals surface area contributed by atoms with Gasteiger partial charge in [0.05, 0.1) is 0 Å². The topological polar surface area (TPSA) is 60.4 Å². The molecule has 1 unspecified atom stereocenters. The van der Waals surface area contributed by atoms with Gasteiger partial charge in [0, 0.05) is 9.15 Å². The minimum atomic E-state index is -4.14. The Morgan fingerprint density at radius 1 is 1.05 bits per heavy atom. The van der Waals surface area contributed by atoms with E-state index in [1.165, 1.54) is 25.7 Å². The third kappa shape index (κ3) is 18.2. The van der Waals surface area contributed by atoms with Gasteiger partial charge in [0.1, 0.15) is 0 Å². The fourth-order valence-electron chi connectivity index (χ4n) is 1.66. The Morgan fingerprint density at radius 3 is 1.95 bits per heavy atom. The van der Waals surface area contributed by atoms with E-state index in [4.69, 9.17) is 0 Å². The van der Waals surface area contributed by atoms with Crippen molar-refractivity contribution in [3.63, 3.8) is 0 Å². The Hall–Kier alpha value is 2.22. The van der Waals surface area contributed by atoms with E-state index < -0.39 is 9.15 Å². The predicted octanol–water partition coefficient (Wildman–Crippen LogP) is -4.09. The van der Waals surface area contributed by atoms with Crippen LogP contribution in [-0.4, -0.2) is 37.3 Å².